The van der Waals surface area contributed by atoms with Gasteiger partial charge < -0.3 is 9.80 Å². The number of carbonyl (C=O) groups is 1. The first-order valence-electron chi connectivity index (χ1n) is 9.00. The van der Waals surface area contributed by atoms with Gasteiger partial charge in [-0.1, -0.05) is 13.8 Å². The van der Waals surface area contributed by atoms with Crippen LogP contribution in [0, 0.1) is 12.8 Å². The molecule has 1 aliphatic heterocycles. The second kappa shape index (κ2) is 7.63. The number of aryl methyl sites for hydroxylation is 1. The minimum absolute atomic E-state index is 0.153. The number of carbonyl (C=O) groups excluding carboxylic acids is 1. The molecule has 7 heteroatoms. The summed E-state index contributed by atoms with van der Waals surface area (Å²) < 4.78 is 1.76. The third-order valence-electron chi connectivity index (χ3n) is 4.85. The van der Waals surface area contributed by atoms with Crippen molar-refractivity contribution < 1.29 is 4.79 Å². The normalized spacial score (nSPS) is 15.0. The molecule has 3 heterocycles. The van der Waals surface area contributed by atoms with Gasteiger partial charge >= 0.3 is 0 Å². The largest absolute Gasteiger partial charge is 0.353 e. The standard InChI is InChI=1S/C18H26N6O/c1-4-15(5-2)18(25)23-10-8-22(9-11-23)16-12-17(20-13-19-16)24-7-6-14(3)21-24/h6-7,12-13,15H,4-5,8-11H2,1-3H3. The van der Waals surface area contributed by atoms with E-state index in [1.165, 1.54) is 0 Å². The van der Waals surface area contributed by atoms with Gasteiger partial charge in [-0.15, -0.1) is 0 Å². The van der Waals surface area contributed by atoms with Gasteiger partial charge in [-0.05, 0) is 25.8 Å². The van der Waals surface area contributed by atoms with Gasteiger partial charge in [-0.2, -0.15) is 5.10 Å². The fraction of sp³-hybridized carbons (Fsp3) is 0.556. The second-order valence-electron chi connectivity index (χ2n) is 6.46. The highest BCUT2D eigenvalue weighted by Gasteiger charge is 2.26. The van der Waals surface area contributed by atoms with Gasteiger partial charge in [0.05, 0.1) is 5.69 Å². The summed E-state index contributed by atoms with van der Waals surface area (Å²) in [5, 5.41) is 4.40. The SMILES string of the molecule is CCC(CC)C(=O)N1CCN(c2cc(-n3ccc(C)n3)ncn2)CC1. The molecule has 0 saturated carbocycles. The molecule has 1 fully saturated rings. The van der Waals surface area contributed by atoms with Crippen molar-refractivity contribution in [2.45, 2.75) is 33.6 Å². The molecular weight excluding hydrogens is 316 g/mol. The molecule has 7 nitrogen and oxygen atoms in total. The Morgan fingerprint density at radius 1 is 1.12 bits per heavy atom. The highest BCUT2D eigenvalue weighted by molar-refractivity contribution is 5.79. The van der Waals surface area contributed by atoms with Crippen molar-refractivity contribution in [3.63, 3.8) is 0 Å². The van der Waals surface area contributed by atoms with Crippen LogP contribution in [0.3, 0.4) is 0 Å². The third kappa shape index (κ3) is 3.81. The maximum absolute atomic E-state index is 12.5. The van der Waals surface area contributed by atoms with Crippen molar-refractivity contribution in [2.75, 3.05) is 31.1 Å². The predicted octanol–water partition coefficient (Wildman–Crippen LogP) is 2.06. The topological polar surface area (TPSA) is 67.2 Å². The van der Waals surface area contributed by atoms with Gasteiger partial charge in [-0.3, -0.25) is 4.79 Å². The molecule has 25 heavy (non-hydrogen) atoms. The van der Waals surface area contributed by atoms with E-state index in [9.17, 15) is 4.79 Å². The first kappa shape index (κ1) is 17.4. The van der Waals surface area contributed by atoms with E-state index < -0.39 is 0 Å². The molecule has 2 aromatic rings. The monoisotopic (exact) mass is 342 g/mol. The number of aromatic nitrogens is 4. The van der Waals surface area contributed by atoms with Crippen LogP contribution in [0.5, 0.6) is 0 Å². The molecule has 1 amide bonds. The van der Waals surface area contributed by atoms with Crippen LogP contribution in [0.15, 0.2) is 24.7 Å². The Hall–Kier alpha value is -2.44. The number of piperazine rings is 1. The van der Waals surface area contributed by atoms with Gasteiger partial charge in [0.2, 0.25) is 5.91 Å². The maximum atomic E-state index is 12.5. The van der Waals surface area contributed by atoms with Gasteiger partial charge in [-0.25, -0.2) is 14.6 Å². The van der Waals surface area contributed by atoms with E-state index in [0.29, 0.717) is 5.91 Å². The van der Waals surface area contributed by atoms with Crippen LogP contribution in [0.1, 0.15) is 32.4 Å². The predicted molar refractivity (Wildman–Crippen MR) is 96.8 cm³/mol. The zero-order chi connectivity index (χ0) is 17.8. The van der Waals surface area contributed by atoms with E-state index in [-0.39, 0.29) is 5.92 Å². The molecule has 1 saturated heterocycles. The third-order valence-corrected chi connectivity index (χ3v) is 4.85. The van der Waals surface area contributed by atoms with Crippen LogP contribution in [0.4, 0.5) is 5.82 Å². The molecule has 1 aliphatic rings. The lowest BCUT2D eigenvalue weighted by atomic mass is 10.0. The summed E-state index contributed by atoms with van der Waals surface area (Å²) in [7, 11) is 0. The van der Waals surface area contributed by atoms with E-state index in [2.05, 4.69) is 33.8 Å². The quantitative estimate of drug-likeness (QED) is 0.832. The molecule has 134 valence electrons. The zero-order valence-electron chi connectivity index (χ0n) is 15.2. The van der Waals surface area contributed by atoms with Crippen molar-refractivity contribution in [1.82, 2.24) is 24.6 Å². The molecule has 2 aromatic heterocycles. The first-order valence-corrected chi connectivity index (χ1v) is 9.00. The highest BCUT2D eigenvalue weighted by atomic mass is 16.2. The van der Waals surface area contributed by atoms with Gasteiger partial charge in [0, 0.05) is 44.4 Å². The van der Waals surface area contributed by atoms with Crippen LogP contribution >= 0.6 is 0 Å². The highest BCUT2D eigenvalue weighted by Crippen LogP contribution is 2.18. The van der Waals surface area contributed by atoms with E-state index >= 15 is 0 Å². The fourth-order valence-corrected chi connectivity index (χ4v) is 3.23. The Balaban J connectivity index is 1.66. The van der Waals surface area contributed by atoms with Crippen LogP contribution in [-0.4, -0.2) is 56.7 Å². The summed E-state index contributed by atoms with van der Waals surface area (Å²) in [6.45, 7) is 9.20. The van der Waals surface area contributed by atoms with Crippen LogP contribution in [-0.2, 0) is 4.79 Å². The Morgan fingerprint density at radius 3 is 2.40 bits per heavy atom. The number of anilines is 1. The van der Waals surface area contributed by atoms with Crippen LogP contribution in [0.2, 0.25) is 0 Å². The molecular formula is C18H26N6O. The van der Waals surface area contributed by atoms with Gasteiger partial charge in [0.1, 0.15) is 12.1 Å². The molecule has 0 radical (unpaired) electrons. The first-order chi connectivity index (χ1) is 12.1. The molecule has 0 atom stereocenters. The molecule has 3 rings (SSSR count). The number of nitrogens with zero attached hydrogens (tertiary/aromatic N) is 6. The van der Waals surface area contributed by atoms with Crippen molar-refractivity contribution in [1.29, 1.82) is 0 Å². The van der Waals surface area contributed by atoms with Crippen molar-refractivity contribution in [2.24, 2.45) is 5.92 Å². The number of amides is 1. The average Bonchev–Trinajstić information content (AvgIpc) is 3.09. The summed E-state index contributed by atoms with van der Waals surface area (Å²) in [5.74, 6) is 2.08. The number of hydrogen-bond acceptors (Lipinski definition) is 5. The van der Waals surface area contributed by atoms with Crippen molar-refractivity contribution in [3.8, 4) is 5.82 Å². The Morgan fingerprint density at radius 2 is 1.80 bits per heavy atom. The summed E-state index contributed by atoms with van der Waals surface area (Å²) in [6, 6.07) is 3.90. The smallest absolute Gasteiger partial charge is 0.225 e. The molecule has 0 unspecified atom stereocenters. The Bertz CT molecular complexity index is 716. The summed E-state index contributed by atoms with van der Waals surface area (Å²) in [5.41, 5.74) is 0.952. The van der Waals surface area contributed by atoms with E-state index in [4.69, 9.17) is 0 Å². The second-order valence-corrected chi connectivity index (χ2v) is 6.46. The van der Waals surface area contributed by atoms with E-state index in [1.807, 2.05) is 30.2 Å². The van der Waals surface area contributed by atoms with Crippen LogP contribution < -0.4 is 4.90 Å². The summed E-state index contributed by atoms with van der Waals surface area (Å²) in [4.78, 5) is 25.4. The van der Waals surface area contributed by atoms with Crippen molar-refractivity contribution in [3.05, 3.63) is 30.4 Å². The molecule has 0 aliphatic carbocycles. The maximum Gasteiger partial charge on any atom is 0.225 e. The zero-order valence-corrected chi connectivity index (χ0v) is 15.2. The molecule has 0 bridgehead atoms. The molecule has 0 N–H and O–H groups in total. The lowest BCUT2D eigenvalue weighted by molar-refractivity contribution is -0.136. The number of rotatable bonds is 5. The number of hydrogen-bond donors (Lipinski definition) is 0. The van der Waals surface area contributed by atoms with Gasteiger partial charge in [0.25, 0.3) is 0 Å². The Labute approximate surface area is 148 Å². The average molecular weight is 342 g/mol. The minimum atomic E-state index is 0.153. The Kier molecular flexibility index (Phi) is 5.31. The van der Waals surface area contributed by atoms with Crippen molar-refractivity contribution >= 4 is 11.7 Å². The molecule has 0 spiro atoms. The van der Waals surface area contributed by atoms with Gasteiger partial charge in [0.15, 0.2) is 5.82 Å². The fourth-order valence-electron chi connectivity index (χ4n) is 3.23. The van der Waals surface area contributed by atoms with E-state index in [0.717, 1.165) is 56.4 Å². The van der Waals surface area contributed by atoms with E-state index in [1.54, 1.807) is 11.0 Å². The molecule has 0 aromatic carbocycles. The summed E-state index contributed by atoms with van der Waals surface area (Å²) in [6.07, 6.45) is 5.29. The lowest BCUT2D eigenvalue weighted by Gasteiger charge is -2.36. The summed E-state index contributed by atoms with van der Waals surface area (Å²) >= 11 is 0. The minimum Gasteiger partial charge on any atom is -0.353 e. The van der Waals surface area contributed by atoms with Crippen LogP contribution in [0.25, 0.3) is 5.82 Å². The lowest BCUT2D eigenvalue weighted by Crippen LogP contribution is -2.50.